The fraction of sp³-hybridized carbons (Fsp3) is 0.0909. The van der Waals surface area contributed by atoms with E-state index < -0.39 is 0 Å². The lowest BCUT2D eigenvalue weighted by molar-refractivity contribution is 0.0927. The maximum absolute atomic E-state index is 11.5. The van der Waals surface area contributed by atoms with E-state index >= 15 is 0 Å². The molecule has 0 saturated carbocycles. The number of hydrogen-bond acceptors (Lipinski definition) is 4. The number of nitrogens with zero attached hydrogens (tertiary/aromatic N) is 1. The SMILES string of the molecule is C/C(=N/NC(=O)c1ccco1)c1cccs1. The molecule has 0 aromatic carbocycles. The molecular weight excluding hydrogens is 224 g/mol. The van der Waals surface area contributed by atoms with Crippen molar-refractivity contribution in [2.45, 2.75) is 6.92 Å². The molecule has 4 nitrogen and oxygen atoms in total. The second-order valence-corrected chi connectivity index (χ2v) is 4.04. The third kappa shape index (κ3) is 2.38. The summed E-state index contributed by atoms with van der Waals surface area (Å²) in [6.45, 7) is 1.84. The molecule has 0 unspecified atom stereocenters. The number of carbonyl (C=O) groups is 1. The van der Waals surface area contributed by atoms with Crippen LogP contribution >= 0.6 is 11.3 Å². The van der Waals surface area contributed by atoms with E-state index in [2.05, 4.69) is 10.5 Å². The van der Waals surface area contributed by atoms with Crippen molar-refractivity contribution in [1.82, 2.24) is 5.43 Å². The van der Waals surface area contributed by atoms with E-state index in [0.29, 0.717) is 0 Å². The minimum Gasteiger partial charge on any atom is -0.459 e. The number of hydrazone groups is 1. The topological polar surface area (TPSA) is 54.6 Å². The van der Waals surface area contributed by atoms with Crippen LogP contribution in [0.2, 0.25) is 0 Å². The van der Waals surface area contributed by atoms with Crippen LogP contribution < -0.4 is 5.43 Å². The van der Waals surface area contributed by atoms with E-state index in [4.69, 9.17) is 4.42 Å². The zero-order valence-electron chi connectivity index (χ0n) is 8.64. The molecule has 0 atom stereocenters. The summed E-state index contributed by atoms with van der Waals surface area (Å²) >= 11 is 1.57. The number of hydrogen-bond donors (Lipinski definition) is 1. The predicted octanol–water partition coefficient (Wildman–Crippen LogP) is 2.50. The van der Waals surface area contributed by atoms with Crippen LogP contribution in [0.15, 0.2) is 45.4 Å². The van der Waals surface area contributed by atoms with Gasteiger partial charge in [0.25, 0.3) is 0 Å². The summed E-state index contributed by atoms with van der Waals surface area (Å²) in [5, 5.41) is 5.95. The van der Waals surface area contributed by atoms with Crippen LogP contribution in [0.25, 0.3) is 0 Å². The maximum atomic E-state index is 11.5. The number of nitrogens with one attached hydrogen (secondary N) is 1. The third-order valence-corrected chi connectivity index (χ3v) is 2.93. The minimum absolute atomic E-state index is 0.253. The first kappa shape index (κ1) is 10.6. The lowest BCUT2D eigenvalue weighted by Gasteiger charge is -1.98. The van der Waals surface area contributed by atoms with Gasteiger partial charge in [0.2, 0.25) is 0 Å². The lowest BCUT2D eigenvalue weighted by atomic mass is 10.3. The second-order valence-electron chi connectivity index (χ2n) is 3.09. The molecule has 0 aliphatic rings. The van der Waals surface area contributed by atoms with E-state index in [0.717, 1.165) is 10.6 Å². The van der Waals surface area contributed by atoms with Crippen LogP contribution in [0.4, 0.5) is 0 Å². The molecule has 1 N–H and O–H groups in total. The van der Waals surface area contributed by atoms with Crippen LogP contribution in [-0.4, -0.2) is 11.6 Å². The summed E-state index contributed by atoms with van der Waals surface area (Å²) in [5.41, 5.74) is 3.21. The zero-order valence-corrected chi connectivity index (χ0v) is 9.45. The van der Waals surface area contributed by atoms with Crippen molar-refractivity contribution in [3.63, 3.8) is 0 Å². The molecule has 16 heavy (non-hydrogen) atoms. The first-order valence-electron chi connectivity index (χ1n) is 4.69. The van der Waals surface area contributed by atoms with Crippen molar-refractivity contribution in [3.8, 4) is 0 Å². The monoisotopic (exact) mass is 234 g/mol. The standard InChI is InChI=1S/C11H10N2O2S/c1-8(10-5-3-7-16-10)12-13-11(14)9-4-2-6-15-9/h2-7H,1H3,(H,13,14)/b12-8-. The van der Waals surface area contributed by atoms with Crippen molar-refractivity contribution in [2.24, 2.45) is 5.10 Å². The Kier molecular flexibility index (Phi) is 3.16. The maximum Gasteiger partial charge on any atom is 0.307 e. The van der Waals surface area contributed by atoms with E-state index in [9.17, 15) is 4.79 Å². The molecule has 0 fully saturated rings. The summed E-state index contributed by atoms with van der Waals surface area (Å²) in [4.78, 5) is 12.5. The largest absolute Gasteiger partial charge is 0.459 e. The summed E-state index contributed by atoms with van der Waals surface area (Å²) < 4.78 is 4.94. The van der Waals surface area contributed by atoms with Crippen LogP contribution in [0, 0.1) is 0 Å². The van der Waals surface area contributed by atoms with Crippen molar-refractivity contribution >= 4 is 23.0 Å². The Balaban J connectivity index is 2.02. The molecule has 0 aliphatic carbocycles. The highest BCUT2D eigenvalue weighted by molar-refractivity contribution is 7.12. The zero-order chi connectivity index (χ0) is 11.4. The average Bonchev–Trinajstić information content (AvgIpc) is 2.95. The van der Waals surface area contributed by atoms with Gasteiger partial charge in [0.15, 0.2) is 5.76 Å². The highest BCUT2D eigenvalue weighted by Gasteiger charge is 2.07. The number of amides is 1. The lowest BCUT2D eigenvalue weighted by Crippen LogP contribution is -2.18. The molecule has 1 amide bonds. The van der Waals surface area contributed by atoms with Crippen molar-refractivity contribution < 1.29 is 9.21 Å². The van der Waals surface area contributed by atoms with Gasteiger partial charge in [0.1, 0.15) is 0 Å². The van der Waals surface area contributed by atoms with Gasteiger partial charge in [-0.25, -0.2) is 5.43 Å². The fourth-order valence-corrected chi connectivity index (χ4v) is 1.81. The first-order chi connectivity index (χ1) is 7.77. The quantitative estimate of drug-likeness (QED) is 0.655. The molecule has 0 bridgehead atoms. The molecule has 82 valence electrons. The van der Waals surface area contributed by atoms with E-state index in [-0.39, 0.29) is 11.7 Å². The first-order valence-corrected chi connectivity index (χ1v) is 5.57. The predicted molar refractivity (Wildman–Crippen MR) is 62.7 cm³/mol. The fourth-order valence-electron chi connectivity index (χ4n) is 1.14. The molecule has 5 heteroatoms. The van der Waals surface area contributed by atoms with E-state index in [1.165, 1.54) is 6.26 Å². The Hall–Kier alpha value is -1.88. The van der Waals surface area contributed by atoms with Crippen LogP contribution in [0.5, 0.6) is 0 Å². The molecule has 2 heterocycles. The highest BCUT2D eigenvalue weighted by atomic mass is 32.1. The molecule has 2 aromatic rings. The highest BCUT2D eigenvalue weighted by Crippen LogP contribution is 2.09. The van der Waals surface area contributed by atoms with Crippen LogP contribution in [-0.2, 0) is 0 Å². The van der Waals surface area contributed by atoms with Crippen LogP contribution in [0.3, 0.4) is 0 Å². The van der Waals surface area contributed by atoms with Crippen molar-refractivity contribution in [1.29, 1.82) is 0 Å². The average molecular weight is 234 g/mol. The minimum atomic E-state index is -0.346. The van der Waals surface area contributed by atoms with E-state index in [1.54, 1.807) is 23.5 Å². The van der Waals surface area contributed by atoms with Gasteiger partial charge in [-0.1, -0.05) is 6.07 Å². The van der Waals surface area contributed by atoms with Gasteiger partial charge in [0, 0.05) is 4.88 Å². The number of rotatable bonds is 3. The van der Waals surface area contributed by atoms with Crippen molar-refractivity contribution in [2.75, 3.05) is 0 Å². The van der Waals surface area contributed by atoms with Crippen molar-refractivity contribution in [3.05, 3.63) is 46.5 Å². The molecule has 0 saturated heterocycles. The Morgan fingerprint density at radius 1 is 1.44 bits per heavy atom. The number of furan rings is 1. The smallest absolute Gasteiger partial charge is 0.307 e. The molecule has 0 aliphatic heterocycles. The van der Waals surface area contributed by atoms with Gasteiger partial charge in [-0.15, -0.1) is 11.3 Å². The third-order valence-electron chi connectivity index (χ3n) is 1.95. The summed E-state index contributed by atoms with van der Waals surface area (Å²) in [6, 6.07) is 7.13. The number of carbonyl (C=O) groups excluding carboxylic acids is 1. The van der Waals surface area contributed by atoms with Gasteiger partial charge >= 0.3 is 5.91 Å². The Morgan fingerprint density at radius 3 is 2.94 bits per heavy atom. The molecule has 2 aromatic heterocycles. The van der Waals surface area contributed by atoms with Gasteiger partial charge in [0.05, 0.1) is 12.0 Å². The van der Waals surface area contributed by atoms with Gasteiger partial charge in [-0.05, 0) is 30.5 Å². The molecule has 0 spiro atoms. The summed E-state index contributed by atoms with van der Waals surface area (Å²) in [5.74, 6) is -0.0939. The van der Waals surface area contributed by atoms with Gasteiger partial charge in [-0.2, -0.15) is 5.10 Å². The van der Waals surface area contributed by atoms with Crippen LogP contribution in [0.1, 0.15) is 22.4 Å². The normalized spacial score (nSPS) is 11.4. The van der Waals surface area contributed by atoms with Gasteiger partial charge in [-0.3, -0.25) is 4.79 Å². The Labute approximate surface area is 96.6 Å². The summed E-state index contributed by atoms with van der Waals surface area (Å²) in [7, 11) is 0. The Morgan fingerprint density at radius 2 is 2.31 bits per heavy atom. The molecule has 0 radical (unpaired) electrons. The summed E-state index contributed by atoms with van der Waals surface area (Å²) in [6.07, 6.45) is 1.45. The number of thiophene rings is 1. The second kappa shape index (κ2) is 4.76. The molecule has 2 rings (SSSR count). The Bertz CT molecular complexity index is 486. The molecular formula is C11H10N2O2S. The van der Waals surface area contributed by atoms with Gasteiger partial charge < -0.3 is 4.42 Å². The van der Waals surface area contributed by atoms with E-state index in [1.807, 2.05) is 24.4 Å².